The summed E-state index contributed by atoms with van der Waals surface area (Å²) in [6, 6.07) is 13.0. The molecule has 1 heterocycles. The van der Waals surface area contributed by atoms with E-state index in [4.69, 9.17) is 33.8 Å². The van der Waals surface area contributed by atoms with E-state index in [1.165, 1.54) is 22.0 Å². The monoisotopic (exact) mass is 479 g/mol. The molecule has 10 heteroatoms. The average molecular weight is 480 g/mol. The minimum absolute atomic E-state index is 0.191. The van der Waals surface area contributed by atoms with Crippen molar-refractivity contribution >= 4 is 46.6 Å². The molecule has 0 saturated carbocycles. The van der Waals surface area contributed by atoms with Crippen LogP contribution in [-0.4, -0.2) is 26.5 Å². The number of aromatic nitrogens is 3. The second-order valence-corrected chi connectivity index (χ2v) is 8.90. The van der Waals surface area contributed by atoms with Crippen molar-refractivity contribution in [1.82, 2.24) is 14.9 Å². The minimum atomic E-state index is -0.209. The normalized spacial score (nSPS) is 11.0. The Hall–Kier alpha value is -2.42. The number of nitrogens with one attached hydrogen (secondary N) is 1. The van der Waals surface area contributed by atoms with Gasteiger partial charge in [0.1, 0.15) is 12.4 Å². The van der Waals surface area contributed by atoms with Gasteiger partial charge in [-0.3, -0.25) is 4.79 Å². The van der Waals surface area contributed by atoms with Crippen molar-refractivity contribution in [3.63, 3.8) is 0 Å². The van der Waals surface area contributed by atoms with E-state index in [9.17, 15) is 4.79 Å². The number of thioether (sulfide) groups is 1. The van der Waals surface area contributed by atoms with Crippen LogP contribution in [-0.2, 0) is 11.4 Å². The molecule has 1 aromatic heterocycles. The van der Waals surface area contributed by atoms with E-state index in [0.29, 0.717) is 38.4 Å². The first-order valence-corrected chi connectivity index (χ1v) is 11.4. The number of nitrogen functional groups attached to an aromatic ring is 1. The summed E-state index contributed by atoms with van der Waals surface area (Å²) in [5, 5.41) is 12.1. The lowest BCUT2D eigenvalue weighted by atomic mass is 10.0. The molecule has 3 rings (SSSR count). The van der Waals surface area contributed by atoms with Crippen LogP contribution in [0.15, 0.2) is 47.6 Å². The Balaban J connectivity index is 1.48. The summed E-state index contributed by atoms with van der Waals surface area (Å²) in [5.41, 5.74) is 1.65. The predicted molar refractivity (Wildman–Crippen MR) is 125 cm³/mol. The highest BCUT2D eigenvalue weighted by Gasteiger charge is 2.13. The molecule has 0 aliphatic heterocycles. The zero-order valence-electron chi connectivity index (χ0n) is 17.1. The summed E-state index contributed by atoms with van der Waals surface area (Å²) in [4.78, 5) is 12.2. The summed E-state index contributed by atoms with van der Waals surface area (Å²) in [6.07, 6.45) is 0.229. The third kappa shape index (κ3) is 6.29. The zero-order chi connectivity index (χ0) is 22.4. The topological polar surface area (TPSA) is 95.1 Å². The fourth-order valence-corrected chi connectivity index (χ4v) is 3.96. The number of halogens is 2. The molecule has 7 nitrogen and oxygen atoms in total. The summed E-state index contributed by atoms with van der Waals surface area (Å²) in [5.74, 6) is 8.00. The lowest BCUT2D eigenvalue weighted by molar-refractivity contribution is -0.115. The number of anilines is 1. The summed E-state index contributed by atoms with van der Waals surface area (Å²) in [7, 11) is 0. The quantitative estimate of drug-likeness (QED) is 0.326. The van der Waals surface area contributed by atoms with E-state index >= 15 is 0 Å². The number of carbonyl (C=O) groups is 1. The fourth-order valence-electron chi connectivity index (χ4n) is 2.66. The van der Waals surface area contributed by atoms with Gasteiger partial charge in [0.05, 0.1) is 15.7 Å². The highest BCUT2D eigenvalue weighted by atomic mass is 35.5. The van der Waals surface area contributed by atoms with Crippen molar-refractivity contribution in [3.8, 4) is 5.75 Å². The molecule has 1 amide bonds. The number of hydrogen-bond donors (Lipinski definition) is 2. The van der Waals surface area contributed by atoms with Gasteiger partial charge in [0.15, 0.2) is 5.82 Å². The number of hydrogen-bond acceptors (Lipinski definition) is 6. The number of nitrogens with two attached hydrogens (primary N) is 1. The van der Waals surface area contributed by atoms with Crippen molar-refractivity contribution in [1.29, 1.82) is 0 Å². The van der Waals surface area contributed by atoms with Crippen LogP contribution in [0.5, 0.6) is 5.75 Å². The molecule has 0 fully saturated rings. The van der Waals surface area contributed by atoms with Gasteiger partial charge in [-0.1, -0.05) is 67.0 Å². The van der Waals surface area contributed by atoms with Crippen molar-refractivity contribution in [3.05, 3.63) is 63.9 Å². The van der Waals surface area contributed by atoms with Gasteiger partial charge in [-0.15, -0.1) is 10.2 Å². The number of rotatable bonds is 9. The average Bonchev–Trinajstić information content (AvgIpc) is 3.09. The molecule has 0 atom stereocenters. The molecule has 3 aromatic rings. The molecule has 0 aliphatic rings. The summed E-state index contributed by atoms with van der Waals surface area (Å²) < 4.78 is 7.12. The van der Waals surface area contributed by atoms with E-state index in [-0.39, 0.29) is 18.9 Å². The molecule has 164 valence electrons. The van der Waals surface area contributed by atoms with E-state index < -0.39 is 0 Å². The summed E-state index contributed by atoms with van der Waals surface area (Å²) in [6.45, 7) is 4.47. The first-order valence-electron chi connectivity index (χ1n) is 9.64. The number of benzene rings is 2. The van der Waals surface area contributed by atoms with E-state index in [0.717, 1.165) is 5.75 Å². The molecular formula is C21H23Cl2N5O2S. The largest absolute Gasteiger partial charge is 0.486 e. The number of ether oxygens (including phenoxy) is 1. The van der Waals surface area contributed by atoms with Crippen LogP contribution in [0.25, 0.3) is 0 Å². The lowest BCUT2D eigenvalue weighted by Gasteiger charge is -2.09. The first-order chi connectivity index (χ1) is 14.8. The van der Waals surface area contributed by atoms with Gasteiger partial charge in [0, 0.05) is 12.2 Å². The predicted octanol–water partition coefficient (Wildman–Crippen LogP) is 5.12. The minimum Gasteiger partial charge on any atom is -0.486 e. The van der Waals surface area contributed by atoms with Crippen LogP contribution < -0.4 is 15.9 Å². The van der Waals surface area contributed by atoms with Crippen molar-refractivity contribution in [2.75, 3.05) is 16.9 Å². The third-order valence-corrected chi connectivity index (χ3v) is 6.01. The van der Waals surface area contributed by atoms with Crippen LogP contribution >= 0.6 is 35.0 Å². The van der Waals surface area contributed by atoms with Crippen LogP contribution in [0.4, 0.5) is 5.69 Å². The second kappa shape index (κ2) is 10.7. The highest BCUT2D eigenvalue weighted by molar-refractivity contribution is 7.99. The lowest BCUT2D eigenvalue weighted by Crippen LogP contribution is -2.16. The number of para-hydroxylation sites is 1. The first kappa shape index (κ1) is 23.2. The number of amides is 1. The van der Waals surface area contributed by atoms with Crippen molar-refractivity contribution in [2.24, 2.45) is 0 Å². The zero-order valence-corrected chi connectivity index (χ0v) is 19.5. The van der Waals surface area contributed by atoms with Gasteiger partial charge in [0.25, 0.3) is 0 Å². The van der Waals surface area contributed by atoms with Crippen LogP contribution in [0.1, 0.15) is 37.6 Å². The maximum absolute atomic E-state index is 12.2. The molecule has 31 heavy (non-hydrogen) atoms. The van der Waals surface area contributed by atoms with Crippen LogP contribution in [0.3, 0.4) is 0 Å². The van der Waals surface area contributed by atoms with Crippen LogP contribution in [0.2, 0.25) is 10.0 Å². The van der Waals surface area contributed by atoms with Gasteiger partial charge in [-0.2, -0.15) is 0 Å². The molecule has 3 N–H and O–H groups in total. The Kier molecular flexibility index (Phi) is 8.06. The van der Waals surface area contributed by atoms with Crippen LogP contribution in [0, 0.1) is 0 Å². The van der Waals surface area contributed by atoms with Gasteiger partial charge in [-0.25, -0.2) is 4.68 Å². The maximum Gasteiger partial charge on any atom is 0.225 e. The van der Waals surface area contributed by atoms with Gasteiger partial charge in [0.2, 0.25) is 11.1 Å². The van der Waals surface area contributed by atoms with Crippen molar-refractivity contribution in [2.45, 2.75) is 37.9 Å². The molecule has 0 saturated heterocycles. The Morgan fingerprint density at radius 3 is 2.48 bits per heavy atom. The molecule has 0 unspecified atom stereocenters. The molecular weight excluding hydrogens is 457 g/mol. The number of nitrogens with zero attached hydrogens (tertiary/aromatic N) is 3. The Morgan fingerprint density at radius 2 is 1.84 bits per heavy atom. The van der Waals surface area contributed by atoms with Gasteiger partial charge < -0.3 is 15.9 Å². The van der Waals surface area contributed by atoms with Gasteiger partial charge >= 0.3 is 0 Å². The SMILES string of the molecule is CC(C)c1ccc(OCc2nnc(SCCC(=O)Nc3c(Cl)cccc3Cl)n2N)cc1. The molecule has 0 bridgehead atoms. The molecule has 0 aliphatic carbocycles. The van der Waals surface area contributed by atoms with E-state index in [1.807, 2.05) is 24.3 Å². The molecule has 0 radical (unpaired) electrons. The standard InChI is InChI=1S/C21H23Cl2N5O2S/c1-13(2)14-6-8-15(9-7-14)30-12-18-26-27-21(28(18)24)31-11-10-19(29)25-20-16(22)4-3-5-17(20)23/h3-9,13H,10-12,24H2,1-2H3,(H,25,29). The number of carbonyl (C=O) groups excluding carboxylic acids is 1. The van der Waals surface area contributed by atoms with E-state index in [1.54, 1.807) is 18.2 Å². The Labute approximate surface area is 195 Å². The Morgan fingerprint density at radius 1 is 1.16 bits per heavy atom. The highest BCUT2D eigenvalue weighted by Crippen LogP contribution is 2.30. The third-order valence-electron chi connectivity index (χ3n) is 4.44. The van der Waals surface area contributed by atoms with Gasteiger partial charge in [-0.05, 0) is 35.7 Å². The fraction of sp³-hybridized carbons (Fsp3) is 0.286. The smallest absolute Gasteiger partial charge is 0.225 e. The van der Waals surface area contributed by atoms with Crippen molar-refractivity contribution < 1.29 is 9.53 Å². The Bertz CT molecular complexity index is 1020. The molecule has 0 spiro atoms. The maximum atomic E-state index is 12.2. The molecule has 2 aromatic carbocycles. The summed E-state index contributed by atoms with van der Waals surface area (Å²) >= 11 is 13.5. The van der Waals surface area contributed by atoms with E-state index in [2.05, 4.69) is 29.4 Å². The second-order valence-electron chi connectivity index (χ2n) is 7.02.